The van der Waals surface area contributed by atoms with Crippen molar-refractivity contribution < 1.29 is 4.74 Å². The van der Waals surface area contributed by atoms with E-state index in [0.29, 0.717) is 11.9 Å². The Balaban J connectivity index is 1.94. The summed E-state index contributed by atoms with van der Waals surface area (Å²) in [5.74, 6) is 6.03. The van der Waals surface area contributed by atoms with E-state index in [1.807, 2.05) is 12.1 Å². The molecule has 1 atom stereocenters. The third-order valence-corrected chi connectivity index (χ3v) is 2.94. The molecule has 0 aliphatic carbocycles. The Morgan fingerprint density at radius 2 is 2.56 bits per heavy atom. The molecule has 16 heavy (non-hydrogen) atoms. The Morgan fingerprint density at radius 1 is 1.69 bits per heavy atom. The highest BCUT2D eigenvalue weighted by Gasteiger charge is 2.21. The zero-order valence-corrected chi connectivity index (χ0v) is 9.52. The maximum absolute atomic E-state index is 5.34. The van der Waals surface area contributed by atoms with Gasteiger partial charge in [0.1, 0.15) is 5.82 Å². The lowest BCUT2D eigenvalue weighted by atomic mass is 10.2. The van der Waals surface area contributed by atoms with Gasteiger partial charge >= 0.3 is 0 Å². The minimum Gasteiger partial charge on any atom is -0.380 e. The molecule has 2 rings (SSSR count). The maximum atomic E-state index is 5.34. The molecule has 3 N–H and O–H groups in total. The molecule has 1 aromatic heterocycles. The van der Waals surface area contributed by atoms with Crippen LogP contribution in [-0.2, 0) is 11.3 Å². The van der Waals surface area contributed by atoms with E-state index < -0.39 is 0 Å². The van der Waals surface area contributed by atoms with Gasteiger partial charge in [-0.1, -0.05) is 0 Å². The molecule has 5 heteroatoms. The molecule has 2 heterocycles. The first kappa shape index (κ1) is 11.3. The van der Waals surface area contributed by atoms with Crippen molar-refractivity contribution >= 4 is 5.82 Å². The van der Waals surface area contributed by atoms with Crippen LogP contribution in [0.5, 0.6) is 0 Å². The lowest BCUT2D eigenvalue weighted by Crippen LogP contribution is -2.22. The highest BCUT2D eigenvalue weighted by molar-refractivity contribution is 5.35. The van der Waals surface area contributed by atoms with Crippen molar-refractivity contribution in [1.29, 1.82) is 0 Å². The van der Waals surface area contributed by atoms with Gasteiger partial charge in [-0.15, -0.1) is 0 Å². The van der Waals surface area contributed by atoms with E-state index in [2.05, 4.69) is 15.3 Å². The molecule has 1 aromatic rings. The highest BCUT2D eigenvalue weighted by Crippen LogP contribution is 2.16. The molecule has 1 fully saturated rings. The summed E-state index contributed by atoms with van der Waals surface area (Å²) in [6, 6.07) is 3.99. The zero-order chi connectivity index (χ0) is 11.4. The molecule has 1 unspecified atom stereocenters. The Labute approximate surface area is 95.6 Å². The van der Waals surface area contributed by atoms with Crippen LogP contribution in [-0.4, -0.2) is 36.2 Å². The first-order chi connectivity index (χ1) is 7.81. The lowest BCUT2D eigenvalue weighted by Gasteiger charge is -2.15. The van der Waals surface area contributed by atoms with Crippen molar-refractivity contribution in [2.45, 2.75) is 19.1 Å². The number of hydrazine groups is 1. The van der Waals surface area contributed by atoms with Crippen LogP contribution in [0, 0.1) is 0 Å². The van der Waals surface area contributed by atoms with Crippen molar-refractivity contribution in [2.24, 2.45) is 5.84 Å². The van der Waals surface area contributed by atoms with Crippen molar-refractivity contribution in [3.05, 3.63) is 23.9 Å². The van der Waals surface area contributed by atoms with E-state index in [1.54, 1.807) is 13.3 Å². The van der Waals surface area contributed by atoms with Crippen LogP contribution in [0.1, 0.15) is 12.0 Å². The SMILES string of the molecule is COC1CCN(Cc2ccnc(NN)c2)C1. The summed E-state index contributed by atoms with van der Waals surface area (Å²) in [5.41, 5.74) is 3.78. The molecule has 0 bridgehead atoms. The number of hydrogen-bond donors (Lipinski definition) is 2. The standard InChI is InChI=1S/C11H18N4O/c1-16-10-3-5-15(8-10)7-9-2-4-13-11(6-9)14-12/h2,4,6,10H,3,5,7-8,12H2,1H3,(H,13,14). The van der Waals surface area contributed by atoms with Crippen molar-refractivity contribution in [2.75, 3.05) is 25.6 Å². The molecule has 5 nitrogen and oxygen atoms in total. The van der Waals surface area contributed by atoms with Crippen molar-refractivity contribution in [3.8, 4) is 0 Å². The third kappa shape index (κ3) is 2.69. The fraction of sp³-hybridized carbons (Fsp3) is 0.545. The second-order valence-electron chi connectivity index (χ2n) is 4.08. The van der Waals surface area contributed by atoms with Gasteiger partial charge in [0.2, 0.25) is 0 Å². The summed E-state index contributed by atoms with van der Waals surface area (Å²) in [4.78, 5) is 6.46. The van der Waals surface area contributed by atoms with E-state index in [4.69, 9.17) is 10.6 Å². The Kier molecular flexibility index (Phi) is 3.71. The maximum Gasteiger partial charge on any atom is 0.140 e. The number of likely N-dealkylation sites (tertiary alicyclic amines) is 1. The van der Waals surface area contributed by atoms with Gasteiger partial charge in [-0.3, -0.25) is 4.90 Å². The molecule has 1 aliphatic heterocycles. The predicted octanol–water partition coefficient (Wildman–Crippen LogP) is 0.588. The Hall–Kier alpha value is -1.17. The van der Waals surface area contributed by atoms with Gasteiger partial charge in [0.25, 0.3) is 0 Å². The Bertz CT molecular complexity index is 345. The van der Waals surface area contributed by atoms with E-state index in [0.717, 1.165) is 26.1 Å². The van der Waals surface area contributed by atoms with Gasteiger partial charge in [0.15, 0.2) is 0 Å². The predicted molar refractivity (Wildman–Crippen MR) is 62.7 cm³/mol. The van der Waals surface area contributed by atoms with Gasteiger partial charge in [0, 0.05) is 32.9 Å². The van der Waals surface area contributed by atoms with Crippen LogP contribution < -0.4 is 11.3 Å². The van der Waals surface area contributed by atoms with Crippen LogP contribution >= 0.6 is 0 Å². The summed E-state index contributed by atoms with van der Waals surface area (Å²) in [6.45, 7) is 3.02. The average molecular weight is 222 g/mol. The van der Waals surface area contributed by atoms with Crippen LogP contribution in [0.15, 0.2) is 18.3 Å². The first-order valence-corrected chi connectivity index (χ1v) is 5.48. The minimum absolute atomic E-state index is 0.383. The number of anilines is 1. The molecule has 0 aromatic carbocycles. The number of pyridine rings is 1. The molecular formula is C11H18N4O. The molecule has 0 spiro atoms. The lowest BCUT2D eigenvalue weighted by molar-refractivity contribution is 0.107. The smallest absolute Gasteiger partial charge is 0.140 e. The number of nitrogens with zero attached hydrogens (tertiary/aromatic N) is 2. The molecular weight excluding hydrogens is 204 g/mol. The second-order valence-corrected chi connectivity index (χ2v) is 4.08. The second kappa shape index (κ2) is 5.25. The van der Waals surface area contributed by atoms with Crippen LogP contribution in [0.3, 0.4) is 0 Å². The number of aromatic nitrogens is 1. The van der Waals surface area contributed by atoms with Gasteiger partial charge in [0.05, 0.1) is 6.10 Å². The van der Waals surface area contributed by atoms with Gasteiger partial charge in [-0.2, -0.15) is 0 Å². The minimum atomic E-state index is 0.383. The van der Waals surface area contributed by atoms with Crippen LogP contribution in [0.2, 0.25) is 0 Å². The summed E-state index contributed by atoms with van der Waals surface area (Å²) in [6.07, 6.45) is 3.27. The van der Waals surface area contributed by atoms with E-state index in [-0.39, 0.29) is 0 Å². The highest BCUT2D eigenvalue weighted by atomic mass is 16.5. The monoisotopic (exact) mass is 222 g/mol. The summed E-state index contributed by atoms with van der Waals surface area (Å²) in [7, 11) is 1.77. The largest absolute Gasteiger partial charge is 0.380 e. The van der Waals surface area contributed by atoms with Gasteiger partial charge < -0.3 is 10.2 Å². The number of rotatable bonds is 4. The van der Waals surface area contributed by atoms with E-state index >= 15 is 0 Å². The number of hydrogen-bond acceptors (Lipinski definition) is 5. The normalized spacial score (nSPS) is 21.2. The van der Waals surface area contributed by atoms with Crippen LogP contribution in [0.4, 0.5) is 5.82 Å². The molecule has 0 saturated carbocycles. The average Bonchev–Trinajstić information content (AvgIpc) is 2.77. The number of nitrogens with one attached hydrogen (secondary N) is 1. The summed E-state index contributed by atoms with van der Waals surface area (Å²) >= 11 is 0. The molecule has 1 saturated heterocycles. The molecule has 1 aliphatic rings. The van der Waals surface area contributed by atoms with E-state index in [9.17, 15) is 0 Å². The topological polar surface area (TPSA) is 63.4 Å². The third-order valence-electron chi connectivity index (χ3n) is 2.94. The Morgan fingerprint density at radius 3 is 3.25 bits per heavy atom. The number of nitrogen functional groups attached to an aromatic ring is 1. The fourth-order valence-electron chi connectivity index (χ4n) is 2.04. The number of methoxy groups -OCH3 is 1. The summed E-state index contributed by atoms with van der Waals surface area (Å²) < 4.78 is 5.34. The zero-order valence-electron chi connectivity index (χ0n) is 9.52. The van der Waals surface area contributed by atoms with Crippen molar-refractivity contribution in [3.63, 3.8) is 0 Å². The van der Waals surface area contributed by atoms with Gasteiger partial charge in [-0.05, 0) is 24.1 Å². The quantitative estimate of drug-likeness (QED) is 0.576. The first-order valence-electron chi connectivity index (χ1n) is 5.48. The number of ether oxygens (including phenoxy) is 1. The fourth-order valence-corrected chi connectivity index (χ4v) is 2.04. The molecule has 88 valence electrons. The van der Waals surface area contributed by atoms with Gasteiger partial charge in [-0.25, -0.2) is 10.8 Å². The summed E-state index contributed by atoms with van der Waals surface area (Å²) in [5, 5.41) is 0. The molecule has 0 radical (unpaired) electrons. The number of nitrogens with two attached hydrogens (primary N) is 1. The molecule has 0 amide bonds. The van der Waals surface area contributed by atoms with E-state index in [1.165, 1.54) is 5.56 Å². The van der Waals surface area contributed by atoms with Crippen molar-refractivity contribution in [1.82, 2.24) is 9.88 Å². The van der Waals surface area contributed by atoms with Crippen LogP contribution in [0.25, 0.3) is 0 Å².